The van der Waals surface area contributed by atoms with Crippen molar-refractivity contribution in [1.29, 1.82) is 0 Å². The molecule has 0 heterocycles. The van der Waals surface area contributed by atoms with Crippen LogP contribution in [0.2, 0.25) is 0 Å². The van der Waals surface area contributed by atoms with E-state index in [1.54, 1.807) is 18.9 Å². The number of hydrogen-bond donors (Lipinski definition) is 1. The van der Waals surface area contributed by atoms with Gasteiger partial charge in [0.1, 0.15) is 0 Å². The average Bonchev–Trinajstić information content (AvgIpc) is 2.31. The van der Waals surface area contributed by atoms with E-state index in [-0.39, 0.29) is 12.5 Å². The molecule has 0 saturated carbocycles. The van der Waals surface area contributed by atoms with Crippen LogP contribution in [0.5, 0.6) is 0 Å². The number of nitrogens with zero attached hydrogens (tertiary/aromatic N) is 1. The first kappa shape index (κ1) is 13.3. The Kier molecular flexibility index (Phi) is 5.25. The second-order valence-corrected chi connectivity index (χ2v) is 3.85. The van der Waals surface area contributed by atoms with Gasteiger partial charge in [0.2, 0.25) is 5.91 Å². The molecule has 0 bridgehead atoms. The largest absolute Gasteiger partial charge is 0.395 e. The molecule has 0 aliphatic heterocycles. The summed E-state index contributed by atoms with van der Waals surface area (Å²) >= 11 is 0. The Morgan fingerprint density at radius 3 is 2.53 bits per heavy atom. The Morgan fingerprint density at radius 2 is 2.00 bits per heavy atom. The van der Waals surface area contributed by atoms with E-state index in [4.69, 9.17) is 5.11 Å². The molecule has 17 heavy (non-hydrogen) atoms. The fourth-order valence-corrected chi connectivity index (χ4v) is 1.30. The lowest BCUT2D eigenvalue weighted by Crippen LogP contribution is -2.22. The highest BCUT2D eigenvalue weighted by atomic mass is 16.2. The molecule has 1 aromatic carbocycles. The minimum Gasteiger partial charge on any atom is -0.395 e. The number of carbonyl (C=O) groups excluding carboxylic acids is 1. The number of aliphatic hydroxyl groups is 1. The highest BCUT2D eigenvalue weighted by Crippen LogP contribution is 2.06. The van der Waals surface area contributed by atoms with Crippen LogP contribution in [0.4, 0.5) is 0 Å². The maximum absolute atomic E-state index is 11.1. The maximum atomic E-state index is 11.1. The summed E-state index contributed by atoms with van der Waals surface area (Å²) in [5, 5.41) is 8.60. The predicted octanol–water partition coefficient (Wildman–Crippen LogP) is 1.40. The zero-order valence-corrected chi connectivity index (χ0v) is 10.2. The number of amides is 1. The number of hydrogen-bond acceptors (Lipinski definition) is 2. The zero-order chi connectivity index (χ0) is 12.7. The Balaban J connectivity index is 2.63. The number of benzene rings is 1. The Hall–Kier alpha value is -1.79. The van der Waals surface area contributed by atoms with E-state index in [1.165, 1.54) is 0 Å². The van der Waals surface area contributed by atoms with Gasteiger partial charge in [-0.05, 0) is 17.7 Å². The topological polar surface area (TPSA) is 40.5 Å². The van der Waals surface area contributed by atoms with Gasteiger partial charge >= 0.3 is 0 Å². The van der Waals surface area contributed by atoms with Gasteiger partial charge in [-0.1, -0.05) is 24.0 Å². The first-order valence-corrected chi connectivity index (χ1v) is 5.54. The van der Waals surface area contributed by atoms with Gasteiger partial charge in [0, 0.05) is 32.5 Å². The van der Waals surface area contributed by atoms with Crippen LogP contribution in [-0.2, 0) is 11.3 Å². The summed E-state index contributed by atoms with van der Waals surface area (Å²) in [7, 11) is 1.78. The normalized spacial score (nSPS) is 9.35. The van der Waals surface area contributed by atoms with Gasteiger partial charge in [0.15, 0.2) is 0 Å². The van der Waals surface area contributed by atoms with Crippen LogP contribution in [0.1, 0.15) is 24.5 Å². The lowest BCUT2D eigenvalue weighted by atomic mass is 10.1. The molecular formula is C14H17NO2. The molecule has 0 aliphatic rings. The maximum Gasteiger partial charge on any atom is 0.219 e. The lowest BCUT2D eigenvalue weighted by Gasteiger charge is -2.14. The third-order valence-corrected chi connectivity index (χ3v) is 2.38. The molecule has 0 fully saturated rings. The molecule has 1 N–H and O–H groups in total. The molecule has 0 aromatic heterocycles. The number of rotatable bonds is 3. The van der Waals surface area contributed by atoms with E-state index in [0.29, 0.717) is 13.0 Å². The van der Waals surface area contributed by atoms with Crippen molar-refractivity contribution >= 4 is 5.91 Å². The predicted molar refractivity (Wildman–Crippen MR) is 67.2 cm³/mol. The number of aliphatic hydroxyl groups excluding tert-OH is 1. The van der Waals surface area contributed by atoms with Crippen molar-refractivity contribution < 1.29 is 9.90 Å². The molecule has 3 nitrogen and oxygen atoms in total. The van der Waals surface area contributed by atoms with E-state index < -0.39 is 0 Å². The first-order valence-electron chi connectivity index (χ1n) is 5.54. The van der Waals surface area contributed by atoms with Crippen LogP contribution in [0, 0.1) is 11.8 Å². The molecule has 90 valence electrons. The molecular weight excluding hydrogens is 214 g/mol. The molecule has 1 rings (SSSR count). The zero-order valence-electron chi connectivity index (χ0n) is 10.2. The van der Waals surface area contributed by atoms with Crippen molar-refractivity contribution in [3.63, 3.8) is 0 Å². The smallest absolute Gasteiger partial charge is 0.219 e. The summed E-state index contributed by atoms with van der Waals surface area (Å²) in [5.41, 5.74) is 2.00. The van der Waals surface area contributed by atoms with Crippen LogP contribution in [0.15, 0.2) is 24.3 Å². The molecule has 1 aromatic rings. The van der Waals surface area contributed by atoms with Crippen LogP contribution >= 0.6 is 0 Å². The molecule has 3 heteroatoms. The number of carbonyl (C=O) groups is 1. The fraction of sp³-hybridized carbons (Fsp3) is 0.357. The minimum absolute atomic E-state index is 0.0526. The van der Waals surface area contributed by atoms with E-state index in [1.807, 2.05) is 24.3 Å². The van der Waals surface area contributed by atoms with Crippen molar-refractivity contribution in [3.05, 3.63) is 35.4 Å². The van der Waals surface area contributed by atoms with Crippen LogP contribution in [0.3, 0.4) is 0 Å². The summed E-state index contributed by atoms with van der Waals surface area (Å²) in [6, 6.07) is 7.77. The Labute approximate surface area is 102 Å². The second kappa shape index (κ2) is 6.72. The molecule has 0 atom stereocenters. The summed E-state index contributed by atoms with van der Waals surface area (Å²) in [5.74, 6) is 5.88. The van der Waals surface area contributed by atoms with E-state index in [9.17, 15) is 4.79 Å². The van der Waals surface area contributed by atoms with Gasteiger partial charge in [-0.25, -0.2) is 0 Å². The lowest BCUT2D eigenvalue weighted by molar-refractivity contribution is -0.128. The van der Waals surface area contributed by atoms with E-state index in [2.05, 4.69) is 11.8 Å². The molecule has 0 saturated heterocycles. The summed E-state index contributed by atoms with van der Waals surface area (Å²) in [6.45, 7) is 2.25. The average molecular weight is 231 g/mol. The van der Waals surface area contributed by atoms with Crippen molar-refractivity contribution in [2.75, 3.05) is 13.7 Å². The quantitative estimate of drug-likeness (QED) is 0.799. The molecule has 0 radical (unpaired) electrons. The van der Waals surface area contributed by atoms with Crippen molar-refractivity contribution in [2.24, 2.45) is 0 Å². The van der Waals surface area contributed by atoms with Crippen LogP contribution < -0.4 is 0 Å². The van der Waals surface area contributed by atoms with Gasteiger partial charge in [-0.15, -0.1) is 0 Å². The van der Waals surface area contributed by atoms with E-state index >= 15 is 0 Å². The molecule has 1 amide bonds. The van der Waals surface area contributed by atoms with E-state index in [0.717, 1.165) is 11.1 Å². The first-order chi connectivity index (χ1) is 8.13. The van der Waals surface area contributed by atoms with Crippen molar-refractivity contribution in [3.8, 4) is 11.8 Å². The summed E-state index contributed by atoms with van der Waals surface area (Å²) in [6.07, 6.45) is 0.495. The highest BCUT2D eigenvalue weighted by Gasteiger charge is 2.02. The Bertz CT molecular complexity index is 426. The molecule has 0 unspecified atom stereocenters. The Morgan fingerprint density at radius 1 is 1.35 bits per heavy atom. The minimum atomic E-state index is 0.0526. The molecule has 0 spiro atoms. The van der Waals surface area contributed by atoms with Gasteiger partial charge in [0.05, 0.1) is 6.61 Å². The van der Waals surface area contributed by atoms with Gasteiger partial charge in [-0.2, -0.15) is 0 Å². The van der Waals surface area contributed by atoms with Crippen LogP contribution in [-0.4, -0.2) is 29.6 Å². The van der Waals surface area contributed by atoms with Crippen LogP contribution in [0.25, 0.3) is 0 Å². The molecule has 0 aliphatic carbocycles. The van der Waals surface area contributed by atoms with Gasteiger partial charge < -0.3 is 10.0 Å². The monoisotopic (exact) mass is 231 g/mol. The van der Waals surface area contributed by atoms with Crippen molar-refractivity contribution in [2.45, 2.75) is 19.9 Å². The fourth-order valence-electron chi connectivity index (χ4n) is 1.30. The summed E-state index contributed by atoms with van der Waals surface area (Å²) in [4.78, 5) is 12.7. The van der Waals surface area contributed by atoms with Gasteiger partial charge in [0.25, 0.3) is 0 Å². The summed E-state index contributed by atoms with van der Waals surface area (Å²) < 4.78 is 0. The third kappa shape index (κ3) is 4.71. The van der Waals surface area contributed by atoms with Crippen molar-refractivity contribution in [1.82, 2.24) is 4.90 Å². The van der Waals surface area contributed by atoms with Gasteiger partial charge in [-0.3, -0.25) is 4.79 Å². The SMILES string of the molecule is CC(=O)N(C)Cc1ccc(C#CCCO)cc1. The second-order valence-electron chi connectivity index (χ2n) is 3.85. The standard InChI is InChI=1S/C14H17NO2/c1-12(17)15(2)11-14-8-6-13(7-9-14)5-3-4-10-16/h6-9,16H,4,10-11H2,1-2H3. The highest BCUT2D eigenvalue weighted by molar-refractivity contribution is 5.72. The third-order valence-electron chi connectivity index (χ3n) is 2.38.